The second-order valence-corrected chi connectivity index (χ2v) is 7.08. The molecule has 0 radical (unpaired) electrons. The lowest BCUT2D eigenvalue weighted by Gasteiger charge is -2.25. The van der Waals surface area contributed by atoms with Crippen LogP contribution in [0, 0.1) is 0 Å². The first-order valence-electron chi connectivity index (χ1n) is 9.92. The summed E-state index contributed by atoms with van der Waals surface area (Å²) < 4.78 is 16.5. The number of carbonyl (C=O) groups excluding carboxylic acids is 1. The maximum Gasteiger partial charge on any atom is 0.410 e. The standard InChI is InChI=1S/C23H24N2O4/c26-23(25-13-5-2-6-14-25)28-17-21-15-22(24-29-21)19-9-11-20(12-10-19)27-16-18-7-3-1-4-8-18/h1,3-4,7-12,15H,2,5-6,13-14,16-17H2. The zero-order valence-corrected chi connectivity index (χ0v) is 16.3. The van der Waals surface area contributed by atoms with Crippen molar-refractivity contribution in [2.45, 2.75) is 32.5 Å². The molecule has 0 spiro atoms. The van der Waals surface area contributed by atoms with E-state index >= 15 is 0 Å². The van der Waals surface area contributed by atoms with E-state index in [1.807, 2.05) is 54.6 Å². The number of benzene rings is 2. The van der Waals surface area contributed by atoms with E-state index in [1.54, 1.807) is 11.0 Å². The van der Waals surface area contributed by atoms with Crippen LogP contribution in [0.3, 0.4) is 0 Å². The molecule has 29 heavy (non-hydrogen) atoms. The van der Waals surface area contributed by atoms with Crippen LogP contribution in [0.1, 0.15) is 30.6 Å². The van der Waals surface area contributed by atoms with Crippen molar-refractivity contribution < 1.29 is 18.8 Å². The molecule has 1 saturated heterocycles. The van der Waals surface area contributed by atoms with Crippen molar-refractivity contribution in [2.24, 2.45) is 0 Å². The van der Waals surface area contributed by atoms with E-state index in [9.17, 15) is 4.79 Å². The number of rotatable bonds is 6. The van der Waals surface area contributed by atoms with Crippen molar-refractivity contribution in [3.63, 3.8) is 0 Å². The van der Waals surface area contributed by atoms with Crippen LogP contribution < -0.4 is 4.74 Å². The molecule has 1 aromatic heterocycles. The summed E-state index contributed by atoms with van der Waals surface area (Å²) in [5.74, 6) is 1.31. The van der Waals surface area contributed by atoms with Crippen LogP contribution in [0.15, 0.2) is 65.2 Å². The lowest BCUT2D eigenvalue weighted by molar-refractivity contribution is 0.0818. The van der Waals surface area contributed by atoms with Crippen molar-refractivity contribution in [3.05, 3.63) is 72.0 Å². The van der Waals surface area contributed by atoms with E-state index in [0.717, 1.165) is 42.8 Å². The number of carbonyl (C=O) groups is 1. The Bertz CT molecular complexity index is 916. The van der Waals surface area contributed by atoms with Gasteiger partial charge in [-0.2, -0.15) is 0 Å². The third-order valence-electron chi connectivity index (χ3n) is 4.91. The van der Waals surface area contributed by atoms with E-state index in [4.69, 9.17) is 14.0 Å². The van der Waals surface area contributed by atoms with Gasteiger partial charge in [-0.3, -0.25) is 0 Å². The summed E-state index contributed by atoms with van der Waals surface area (Å²) in [6.45, 7) is 2.13. The van der Waals surface area contributed by atoms with Crippen LogP contribution >= 0.6 is 0 Å². The average molecular weight is 392 g/mol. The topological polar surface area (TPSA) is 64.8 Å². The predicted molar refractivity (Wildman–Crippen MR) is 108 cm³/mol. The summed E-state index contributed by atoms with van der Waals surface area (Å²) in [5, 5.41) is 4.08. The summed E-state index contributed by atoms with van der Waals surface area (Å²) in [7, 11) is 0. The van der Waals surface area contributed by atoms with Crippen molar-refractivity contribution >= 4 is 6.09 Å². The highest BCUT2D eigenvalue weighted by Crippen LogP contribution is 2.23. The van der Waals surface area contributed by atoms with Crippen LogP contribution in [0.4, 0.5) is 4.79 Å². The number of nitrogens with zero attached hydrogens (tertiary/aromatic N) is 2. The second kappa shape index (κ2) is 9.28. The molecular weight excluding hydrogens is 368 g/mol. The molecule has 3 aromatic rings. The SMILES string of the molecule is O=C(OCc1cc(-c2ccc(OCc3ccccc3)cc2)no1)N1CCCCC1. The fourth-order valence-corrected chi connectivity index (χ4v) is 3.28. The van der Waals surface area contributed by atoms with E-state index in [0.29, 0.717) is 18.1 Å². The first kappa shape index (κ1) is 19.1. The fourth-order valence-electron chi connectivity index (χ4n) is 3.28. The third-order valence-corrected chi connectivity index (χ3v) is 4.91. The molecule has 150 valence electrons. The van der Waals surface area contributed by atoms with Crippen LogP contribution in [-0.4, -0.2) is 29.2 Å². The summed E-state index contributed by atoms with van der Waals surface area (Å²) in [6, 6.07) is 19.5. The van der Waals surface area contributed by atoms with Crippen molar-refractivity contribution in [1.82, 2.24) is 10.1 Å². The molecule has 0 unspecified atom stereocenters. The molecular formula is C23H24N2O4. The number of ether oxygens (including phenoxy) is 2. The first-order valence-corrected chi connectivity index (χ1v) is 9.92. The summed E-state index contributed by atoms with van der Waals surface area (Å²) in [5.41, 5.74) is 2.73. The molecule has 1 amide bonds. The number of piperidine rings is 1. The van der Waals surface area contributed by atoms with Gasteiger partial charge >= 0.3 is 6.09 Å². The first-order chi connectivity index (χ1) is 14.3. The average Bonchev–Trinajstić information content (AvgIpc) is 3.27. The van der Waals surface area contributed by atoms with Gasteiger partial charge in [0.25, 0.3) is 0 Å². The van der Waals surface area contributed by atoms with E-state index in [-0.39, 0.29) is 12.7 Å². The minimum atomic E-state index is -0.289. The van der Waals surface area contributed by atoms with Gasteiger partial charge in [-0.1, -0.05) is 35.5 Å². The van der Waals surface area contributed by atoms with Gasteiger partial charge in [0, 0.05) is 24.7 Å². The molecule has 0 bridgehead atoms. The van der Waals surface area contributed by atoms with Gasteiger partial charge in [-0.25, -0.2) is 4.79 Å². The number of likely N-dealkylation sites (tertiary alicyclic amines) is 1. The molecule has 0 N–H and O–H groups in total. The zero-order chi connectivity index (χ0) is 19.9. The van der Waals surface area contributed by atoms with Gasteiger partial charge in [0.2, 0.25) is 0 Å². The van der Waals surface area contributed by atoms with Gasteiger partial charge in [-0.05, 0) is 49.1 Å². The molecule has 6 nitrogen and oxygen atoms in total. The molecule has 0 atom stereocenters. The van der Waals surface area contributed by atoms with Gasteiger partial charge < -0.3 is 18.9 Å². The van der Waals surface area contributed by atoms with Crippen molar-refractivity contribution in [2.75, 3.05) is 13.1 Å². The summed E-state index contributed by atoms with van der Waals surface area (Å²) in [4.78, 5) is 13.8. The van der Waals surface area contributed by atoms with Crippen LogP contribution in [0.2, 0.25) is 0 Å². The Balaban J connectivity index is 1.30. The Hall–Kier alpha value is -3.28. The summed E-state index contributed by atoms with van der Waals surface area (Å²) >= 11 is 0. The molecule has 6 heteroatoms. The highest BCUT2D eigenvalue weighted by Gasteiger charge is 2.18. The lowest BCUT2D eigenvalue weighted by atomic mass is 10.1. The highest BCUT2D eigenvalue weighted by molar-refractivity contribution is 5.67. The maximum absolute atomic E-state index is 12.1. The molecule has 2 heterocycles. The lowest BCUT2D eigenvalue weighted by Crippen LogP contribution is -2.35. The second-order valence-electron chi connectivity index (χ2n) is 7.08. The number of hydrogen-bond donors (Lipinski definition) is 0. The van der Waals surface area contributed by atoms with Crippen molar-refractivity contribution in [3.8, 4) is 17.0 Å². The Kier molecular flexibility index (Phi) is 6.10. The molecule has 4 rings (SSSR count). The highest BCUT2D eigenvalue weighted by atomic mass is 16.6. The fraction of sp³-hybridized carbons (Fsp3) is 0.304. The smallest absolute Gasteiger partial charge is 0.410 e. The molecule has 0 saturated carbocycles. The van der Waals surface area contributed by atoms with Gasteiger partial charge in [0.15, 0.2) is 12.4 Å². The minimum Gasteiger partial charge on any atom is -0.489 e. The largest absolute Gasteiger partial charge is 0.489 e. The third kappa shape index (κ3) is 5.16. The normalized spacial score (nSPS) is 13.9. The minimum absolute atomic E-state index is 0.0839. The number of aromatic nitrogens is 1. The Morgan fingerprint density at radius 3 is 2.48 bits per heavy atom. The predicted octanol–water partition coefficient (Wildman–Crippen LogP) is 5.04. The van der Waals surface area contributed by atoms with Gasteiger partial charge in [0.05, 0.1) is 0 Å². The summed E-state index contributed by atoms with van der Waals surface area (Å²) in [6.07, 6.45) is 2.95. The zero-order valence-electron chi connectivity index (χ0n) is 16.3. The Morgan fingerprint density at radius 2 is 1.72 bits per heavy atom. The van der Waals surface area contributed by atoms with Gasteiger partial charge in [0.1, 0.15) is 18.1 Å². The molecule has 1 fully saturated rings. The Labute approximate surface area is 170 Å². The Morgan fingerprint density at radius 1 is 0.966 bits per heavy atom. The molecule has 1 aliphatic rings. The van der Waals surface area contributed by atoms with Crippen LogP contribution in [-0.2, 0) is 18.0 Å². The molecule has 2 aromatic carbocycles. The quantitative estimate of drug-likeness (QED) is 0.588. The maximum atomic E-state index is 12.1. The van der Waals surface area contributed by atoms with E-state index < -0.39 is 0 Å². The monoisotopic (exact) mass is 392 g/mol. The molecule has 1 aliphatic heterocycles. The van der Waals surface area contributed by atoms with Crippen LogP contribution in [0.25, 0.3) is 11.3 Å². The van der Waals surface area contributed by atoms with E-state index in [2.05, 4.69) is 5.16 Å². The van der Waals surface area contributed by atoms with Gasteiger partial charge in [-0.15, -0.1) is 0 Å². The molecule has 0 aliphatic carbocycles. The van der Waals surface area contributed by atoms with Crippen molar-refractivity contribution in [1.29, 1.82) is 0 Å². The van der Waals surface area contributed by atoms with E-state index in [1.165, 1.54) is 6.42 Å². The number of hydrogen-bond acceptors (Lipinski definition) is 5. The van der Waals surface area contributed by atoms with Crippen LogP contribution in [0.5, 0.6) is 5.75 Å². The number of amides is 1.